The molecule has 1 aromatic carbocycles. The van der Waals surface area contributed by atoms with Crippen molar-refractivity contribution in [1.82, 2.24) is 0 Å². The minimum Gasteiger partial charge on any atom is -0.872 e. The van der Waals surface area contributed by atoms with Crippen LogP contribution in [0, 0.1) is 0 Å². The van der Waals surface area contributed by atoms with Crippen LogP contribution < -0.4 is 10.1 Å². The van der Waals surface area contributed by atoms with Gasteiger partial charge in [-0.25, -0.2) is 9.37 Å². The molecular formula is C12H10FNOSr+2. The fourth-order valence-electron chi connectivity index (χ4n) is 1.44. The number of hydrogen-bond acceptors (Lipinski definition) is 1. The molecule has 0 aliphatic heterocycles. The molecule has 0 bridgehead atoms. The third-order valence-electron chi connectivity index (χ3n) is 2.18. The minimum atomic E-state index is -0.561. The van der Waals surface area contributed by atoms with Gasteiger partial charge >= 0.3 is 45.5 Å². The monoisotopic (exact) mass is 291 g/mol. The zero-order valence-electron chi connectivity index (χ0n) is 8.74. The molecule has 0 fully saturated rings. The summed E-state index contributed by atoms with van der Waals surface area (Å²) in [6.45, 7) is -0.561. The molecule has 0 aliphatic carbocycles. The van der Waals surface area contributed by atoms with Crippen molar-refractivity contribution >= 4 is 45.5 Å². The number of halogens is 1. The smallest absolute Gasteiger partial charge is 0.872 e. The molecule has 2 rings (SSSR count). The van der Waals surface area contributed by atoms with E-state index in [0.29, 0.717) is 17.0 Å². The van der Waals surface area contributed by atoms with Crippen LogP contribution >= 0.6 is 0 Å². The van der Waals surface area contributed by atoms with Gasteiger partial charge in [-0.3, -0.25) is 0 Å². The topological polar surface area (TPSA) is 37.2 Å². The Hall–Kier alpha value is -0.419. The van der Waals surface area contributed by atoms with Gasteiger partial charge in [0.25, 0.3) is 0 Å². The molecule has 1 N–H and O–H groups in total. The van der Waals surface area contributed by atoms with Gasteiger partial charge in [0.05, 0.1) is 0 Å². The predicted octanol–water partition coefficient (Wildman–Crippen LogP) is 1.33. The Morgan fingerprint density at radius 3 is 2.50 bits per heavy atom. The van der Waals surface area contributed by atoms with Crippen molar-refractivity contribution in [2.75, 3.05) is 0 Å². The number of nitrogens with one attached hydrogen (secondary N) is 1. The molecule has 4 heteroatoms. The van der Waals surface area contributed by atoms with E-state index in [2.05, 4.69) is 4.98 Å². The van der Waals surface area contributed by atoms with E-state index < -0.39 is 6.67 Å². The maximum Gasteiger partial charge on any atom is 2.00 e. The summed E-state index contributed by atoms with van der Waals surface area (Å²) < 4.78 is 12.4. The SMILES string of the molecule is [O-]c1ccccc1-c1cccc(CF)[nH+]1.[Sr+2]. The minimum absolute atomic E-state index is 0. The Bertz CT molecular complexity index is 476. The summed E-state index contributed by atoms with van der Waals surface area (Å²) >= 11 is 0. The van der Waals surface area contributed by atoms with Gasteiger partial charge in [-0.1, -0.05) is 23.9 Å². The van der Waals surface area contributed by atoms with E-state index in [1.165, 1.54) is 6.07 Å². The second-order valence-corrected chi connectivity index (χ2v) is 3.22. The first-order chi connectivity index (χ1) is 7.31. The van der Waals surface area contributed by atoms with Gasteiger partial charge in [0.1, 0.15) is 0 Å². The van der Waals surface area contributed by atoms with Crippen LogP contribution in [0.15, 0.2) is 42.5 Å². The van der Waals surface area contributed by atoms with Gasteiger partial charge in [-0.15, -0.1) is 0 Å². The summed E-state index contributed by atoms with van der Waals surface area (Å²) in [5.41, 5.74) is 1.68. The van der Waals surface area contributed by atoms with Gasteiger partial charge < -0.3 is 5.11 Å². The van der Waals surface area contributed by atoms with Gasteiger partial charge in [0, 0.05) is 17.7 Å². The van der Waals surface area contributed by atoms with Gasteiger partial charge in [0.2, 0.25) is 11.4 Å². The van der Waals surface area contributed by atoms with Crippen LogP contribution in [-0.4, -0.2) is 45.5 Å². The third-order valence-corrected chi connectivity index (χ3v) is 2.18. The number of hydrogen-bond donors (Lipinski definition) is 0. The first kappa shape index (κ1) is 13.6. The maximum atomic E-state index is 12.4. The van der Waals surface area contributed by atoms with Crippen LogP contribution in [0.25, 0.3) is 11.3 Å². The summed E-state index contributed by atoms with van der Waals surface area (Å²) in [4.78, 5) is 2.88. The Morgan fingerprint density at radius 2 is 1.81 bits per heavy atom. The molecule has 0 aliphatic rings. The molecule has 0 spiro atoms. The summed E-state index contributed by atoms with van der Waals surface area (Å²) in [6, 6.07) is 11.8. The standard InChI is InChI=1S/C12H10FNO.Sr/c13-8-9-4-3-6-11(14-9)10-5-1-2-7-12(10)15;/h1-7,15H,8H2;/q;+2. The van der Waals surface area contributed by atoms with Crippen molar-refractivity contribution in [3.63, 3.8) is 0 Å². The quantitative estimate of drug-likeness (QED) is 0.769. The Balaban J connectivity index is 0.00000128. The fourth-order valence-corrected chi connectivity index (χ4v) is 1.44. The molecule has 76 valence electrons. The predicted molar refractivity (Wildman–Crippen MR) is 58.4 cm³/mol. The molecule has 0 radical (unpaired) electrons. The number of rotatable bonds is 2. The van der Waals surface area contributed by atoms with E-state index in [0.717, 1.165) is 0 Å². The van der Waals surface area contributed by atoms with E-state index in [1.54, 1.807) is 36.4 Å². The molecule has 0 saturated heterocycles. The number of aromatic amines is 1. The molecule has 1 heterocycles. The molecule has 1 aromatic heterocycles. The number of H-pyrrole nitrogens is 1. The van der Waals surface area contributed by atoms with Crippen LogP contribution in [0.4, 0.5) is 4.39 Å². The van der Waals surface area contributed by atoms with Gasteiger partial charge in [-0.2, -0.15) is 0 Å². The first-order valence-corrected chi connectivity index (χ1v) is 4.65. The average Bonchev–Trinajstić information content (AvgIpc) is 2.30. The summed E-state index contributed by atoms with van der Waals surface area (Å²) in [6.07, 6.45) is 0. The fraction of sp³-hybridized carbons (Fsp3) is 0.0833. The Kier molecular flexibility index (Phi) is 5.41. The second-order valence-electron chi connectivity index (χ2n) is 3.22. The van der Waals surface area contributed by atoms with E-state index >= 15 is 0 Å². The van der Waals surface area contributed by atoms with Crippen molar-refractivity contribution < 1.29 is 14.5 Å². The molecule has 0 saturated carbocycles. The number of aromatic nitrogens is 1. The van der Waals surface area contributed by atoms with Crippen LogP contribution in [0.1, 0.15) is 5.69 Å². The molecule has 2 nitrogen and oxygen atoms in total. The van der Waals surface area contributed by atoms with Crippen molar-refractivity contribution in [2.24, 2.45) is 0 Å². The van der Waals surface area contributed by atoms with Gasteiger partial charge in [-0.05, 0) is 12.1 Å². The summed E-state index contributed by atoms with van der Waals surface area (Å²) in [5, 5.41) is 11.5. The van der Waals surface area contributed by atoms with E-state index in [1.807, 2.05) is 0 Å². The zero-order valence-corrected chi connectivity index (χ0v) is 12.2. The maximum absolute atomic E-state index is 12.4. The van der Waals surface area contributed by atoms with Gasteiger partial charge in [0.15, 0.2) is 6.67 Å². The van der Waals surface area contributed by atoms with E-state index in [4.69, 9.17) is 0 Å². The molecule has 2 aromatic rings. The molecule has 0 atom stereocenters. The Morgan fingerprint density at radius 1 is 1.06 bits per heavy atom. The molecule has 16 heavy (non-hydrogen) atoms. The number of para-hydroxylation sites is 1. The summed E-state index contributed by atoms with van der Waals surface area (Å²) in [7, 11) is 0. The third kappa shape index (κ3) is 3.04. The average molecular weight is 291 g/mol. The normalized spacial score (nSPS) is 9.56. The first-order valence-electron chi connectivity index (χ1n) is 4.65. The summed E-state index contributed by atoms with van der Waals surface area (Å²) in [5.74, 6) is -0.0650. The zero-order chi connectivity index (χ0) is 10.7. The van der Waals surface area contributed by atoms with Crippen LogP contribution in [0.3, 0.4) is 0 Å². The number of benzene rings is 1. The van der Waals surface area contributed by atoms with Crippen molar-refractivity contribution in [1.29, 1.82) is 0 Å². The van der Waals surface area contributed by atoms with Crippen molar-refractivity contribution in [3.8, 4) is 17.0 Å². The van der Waals surface area contributed by atoms with Crippen LogP contribution in [0.2, 0.25) is 0 Å². The van der Waals surface area contributed by atoms with Crippen LogP contribution in [-0.2, 0) is 6.67 Å². The molecular weight excluding hydrogens is 281 g/mol. The molecule has 0 amide bonds. The van der Waals surface area contributed by atoms with E-state index in [9.17, 15) is 9.50 Å². The van der Waals surface area contributed by atoms with E-state index in [-0.39, 0.29) is 51.2 Å². The van der Waals surface area contributed by atoms with Crippen molar-refractivity contribution in [3.05, 3.63) is 48.2 Å². The second kappa shape index (κ2) is 6.35. The van der Waals surface area contributed by atoms with Crippen molar-refractivity contribution in [2.45, 2.75) is 6.67 Å². The largest absolute Gasteiger partial charge is 2.00 e. The van der Waals surface area contributed by atoms with Crippen LogP contribution in [0.5, 0.6) is 5.75 Å². The number of alkyl halides is 1. The Labute approximate surface area is 130 Å². The number of pyridine rings is 1. The molecule has 0 unspecified atom stereocenters.